The molecule has 84 valence electrons. The summed E-state index contributed by atoms with van der Waals surface area (Å²) in [5, 5.41) is 11.9. The van der Waals surface area contributed by atoms with Gasteiger partial charge in [0, 0.05) is 15.8 Å². The lowest BCUT2D eigenvalue weighted by atomic mass is 10.1. The van der Waals surface area contributed by atoms with Crippen LogP contribution in [0.15, 0.2) is 40.2 Å². The van der Waals surface area contributed by atoms with Gasteiger partial charge in [0.25, 0.3) is 0 Å². The number of aliphatic hydroxyl groups is 1. The molecule has 1 heterocycles. The van der Waals surface area contributed by atoms with Gasteiger partial charge in [-0.2, -0.15) is 0 Å². The summed E-state index contributed by atoms with van der Waals surface area (Å²) in [6, 6.07) is 8.38. The van der Waals surface area contributed by atoms with E-state index in [0.717, 1.165) is 4.88 Å². The van der Waals surface area contributed by atoms with Crippen LogP contribution < -0.4 is 0 Å². The number of halogens is 2. The van der Waals surface area contributed by atoms with Gasteiger partial charge in [0.1, 0.15) is 5.82 Å². The predicted octanol–water partition coefficient (Wildman–Crippen LogP) is 3.93. The van der Waals surface area contributed by atoms with Crippen molar-refractivity contribution in [1.29, 1.82) is 0 Å². The maximum absolute atomic E-state index is 13.1. The highest BCUT2D eigenvalue weighted by Gasteiger charge is 2.11. The summed E-state index contributed by atoms with van der Waals surface area (Å²) in [5.74, 6) is -0.338. The second-order valence-electron chi connectivity index (χ2n) is 3.50. The molecule has 1 nitrogen and oxygen atoms in total. The molecule has 0 saturated heterocycles. The Morgan fingerprint density at radius 2 is 2.19 bits per heavy atom. The average Bonchev–Trinajstić information content (AvgIpc) is 2.68. The van der Waals surface area contributed by atoms with Crippen molar-refractivity contribution in [3.8, 4) is 0 Å². The topological polar surface area (TPSA) is 20.2 Å². The quantitative estimate of drug-likeness (QED) is 0.911. The van der Waals surface area contributed by atoms with Crippen molar-refractivity contribution in [2.24, 2.45) is 0 Å². The largest absolute Gasteiger partial charge is 0.388 e. The number of hydrogen-bond donors (Lipinski definition) is 1. The Bertz CT molecular complexity index is 450. The number of thiophene rings is 1. The third-order valence-electron chi connectivity index (χ3n) is 2.24. The van der Waals surface area contributed by atoms with Gasteiger partial charge in [-0.05, 0) is 35.2 Å². The summed E-state index contributed by atoms with van der Waals surface area (Å²) in [4.78, 5) is 1.09. The standard InChI is InChI=1S/C12H10BrFOS/c13-9-4-8(5-10(14)6-9)12(15)7-11-2-1-3-16-11/h1-6,12,15H,7H2. The molecule has 0 aliphatic carbocycles. The summed E-state index contributed by atoms with van der Waals surface area (Å²) < 4.78 is 13.8. The van der Waals surface area contributed by atoms with E-state index < -0.39 is 6.10 Å². The Morgan fingerprint density at radius 1 is 1.38 bits per heavy atom. The van der Waals surface area contributed by atoms with Crippen LogP contribution in [0, 0.1) is 5.82 Å². The van der Waals surface area contributed by atoms with Crippen molar-refractivity contribution >= 4 is 27.3 Å². The van der Waals surface area contributed by atoms with E-state index in [9.17, 15) is 9.50 Å². The van der Waals surface area contributed by atoms with Crippen LogP contribution in [-0.4, -0.2) is 5.11 Å². The van der Waals surface area contributed by atoms with Crippen molar-refractivity contribution in [2.75, 3.05) is 0 Å². The van der Waals surface area contributed by atoms with E-state index in [1.807, 2.05) is 17.5 Å². The zero-order chi connectivity index (χ0) is 11.5. The summed E-state index contributed by atoms with van der Waals surface area (Å²) in [5.41, 5.74) is 0.597. The molecule has 4 heteroatoms. The molecule has 1 unspecified atom stereocenters. The Hall–Kier alpha value is -0.710. The molecular weight excluding hydrogens is 291 g/mol. The summed E-state index contributed by atoms with van der Waals surface area (Å²) in [7, 11) is 0. The first kappa shape index (κ1) is 11.8. The summed E-state index contributed by atoms with van der Waals surface area (Å²) in [6.45, 7) is 0. The number of rotatable bonds is 3. The predicted molar refractivity (Wildman–Crippen MR) is 67.1 cm³/mol. The maximum Gasteiger partial charge on any atom is 0.124 e. The minimum atomic E-state index is -0.661. The van der Waals surface area contributed by atoms with Gasteiger partial charge in [0.15, 0.2) is 0 Å². The summed E-state index contributed by atoms with van der Waals surface area (Å²) >= 11 is 4.80. The first-order chi connectivity index (χ1) is 7.65. The van der Waals surface area contributed by atoms with E-state index in [2.05, 4.69) is 15.9 Å². The lowest BCUT2D eigenvalue weighted by molar-refractivity contribution is 0.179. The normalized spacial score (nSPS) is 12.7. The van der Waals surface area contributed by atoms with E-state index in [4.69, 9.17) is 0 Å². The smallest absolute Gasteiger partial charge is 0.124 e. The van der Waals surface area contributed by atoms with E-state index >= 15 is 0 Å². The molecule has 16 heavy (non-hydrogen) atoms. The molecule has 2 aromatic rings. The zero-order valence-electron chi connectivity index (χ0n) is 8.36. The van der Waals surface area contributed by atoms with Crippen LogP contribution in [0.4, 0.5) is 4.39 Å². The SMILES string of the molecule is OC(Cc1cccs1)c1cc(F)cc(Br)c1. The lowest BCUT2D eigenvalue weighted by Gasteiger charge is -2.10. The molecule has 1 N–H and O–H groups in total. The Labute approximate surface area is 106 Å². The molecule has 0 aliphatic heterocycles. The van der Waals surface area contributed by atoms with Gasteiger partial charge in [-0.25, -0.2) is 4.39 Å². The van der Waals surface area contributed by atoms with Crippen molar-refractivity contribution < 1.29 is 9.50 Å². The van der Waals surface area contributed by atoms with Gasteiger partial charge >= 0.3 is 0 Å². The number of aliphatic hydroxyl groups excluding tert-OH is 1. The van der Waals surface area contributed by atoms with E-state index in [0.29, 0.717) is 16.5 Å². The number of benzene rings is 1. The first-order valence-electron chi connectivity index (χ1n) is 4.81. The second-order valence-corrected chi connectivity index (χ2v) is 5.45. The molecule has 0 spiro atoms. The minimum Gasteiger partial charge on any atom is -0.388 e. The third-order valence-corrected chi connectivity index (χ3v) is 3.60. The van der Waals surface area contributed by atoms with Crippen molar-refractivity contribution in [3.05, 3.63) is 56.4 Å². The molecule has 0 aliphatic rings. The highest BCUT2D eigenvalue weighted by atomic mass is 79.9. The van der Waals surface area contributed by atoms with Crippen LogP contribution >= 0.6 is 27.3 Å². The minimum absolute atomic E-state index is 0.338. The molecule has 0 saturated carbocycles. The fourth-order valence-electron chi connectivity index (χ4n) is 1.50. The molecule has 0 bridgehead atoms. The van der Waals surface area contributed by atoms with Crippen molar-refractivity contribution in [3.63, 3.8) is 0 Å². The van der Waals surface area contributed by atoms with Gasteiger partial charge in [0.05, 0.1) is 6.10 Å². The molecule has 1 atom stereocenters. The van der Waals surface area contributed by atoms with Crippen LogP contribution in [0.1, 0.15) is 16.5 Å². The van der Waals surface area contributed by atoms with Gasteiger partial charge in [-0.3, -0.25) is 0 Å². The van der Waals surface area contributed by atoms with Crippen LogP contribution in [-0.2, 0) is 6.42 Å². The second kappa shape index (κ2) is 5.08. The van der Waals surface area contributed by atoms with Crippen LogP contribution in [0.25, 0.3) is 0 Å². The Balaban J connectivity index is 2.17. The van der Waals surface area contributed by atoms with E-state index in [1.165, 1.54) is 12.1 Å². The van der Waals surface area contributed by atoms with Crippen molar-refractivity contribution in [1.82, 2.24) is 0 Å². The molecule has 0 radical (unpaired) electrons. The monoisotopic (exact) mass is 300 g/mol. The fourth-order valence-corrected chi connectivity index (χ4v) is 2.73. The van der Waals surface area contributed by atoms with E-state index in [1.54, 1.807) is 17.4 Å². The third kappa shape index (κ3) is 2.90. The molecule has 1 aromatic heterocycles. The molecular formula is C12H10BrFOS. The molecule has 0 fully saturated rings. The van der Waals surface area contributed by atoms with Gasteiger partial charge in [0.2, 0.25) is 0 Å². The Morgan fingerprint density at radius 3 is 2.81 bits per heavy atom. The Kier molecular flexibility index (Phi) is 3.74. The molecule has 1 aromatic carbocycles. The summed E-state index contributed by atoms with van der Waals surface area (Å²) in [6.07, 6.45) is -0.140. The van der Waals surface area contributed by atoms with E-state index in [-0.39, 0.29) is 5.82 Å². The first-order valence-corrected chi connectivity index (χ1v) is 6.49. The molecule has 0 amide bonds. The molecule has 2 rings (SSSR count). The average molecular weight is 301 g/mol. The van der Waals surface area contributed by atoms with Gasteiger partial charge < -0.3 is 5.11 Å². The van der Waals surface area contributed by atoms with Gasteiger partial charge in [-0.15, -0.1) is 11.3 Å². The van der Waals surface area contributed by atoms with Gasteiger partial charge in [-0.1, -0.05) is 22.0 Å². The zero-order valence-corrected chi connectivity index (χ0v) is 10.8. The van der Waals surface area contributed by atoms with Crippen LogP contribution in [0.3, 0.4) is 0 Å². The van der Waals surface area contributed by atoms with Crippen LogP contribution in [0.2, 0.25) is 0 Å². The van der Waals surface area contributed by atoms with Crippen molar-refractivity contribution in [2.45, 2.75) is 12.5 Å². The highest BCUT2D eigenvalue weighted by molar-refractivity contribution is 9.10. The maximum atomic E-state index is 13.1. The fraction of sp³-hybridized carbons (Fsp3) is 0.167. The highest BCUT2D eigenvalue weighted by Crippen LogP contribution is 2.24. The lowest BCUT2D eigenvalue weighted by Crippen LogP contribution is -2.01. The number of hydrogen-bond acceptors (Lipinski definition) is 2. The van der Waals surface area contributed by atoms with Crippen LogP contribution in [0.5, 0.6) is 0 Å².